The molecule has 0 amide bonds. The van der Waals surface area contributed by atoms with Crippen molar-refractivity contribution in [3.05, 3.63) is 33.8 Å². The maximum atomic E-state index is 6.17. The lowest BCUT2D eigenvalue weighted by Crippen LogP contribution is -2.39. The Kier molecular flexibility index (Phi) is 5.06. The molecule has 0 radical (unpaired) electrons. The molecule has 90 valence electrons. The summed E-state index contributed by atoms with van der Waals surface area (Å²) in [5, 5.41) is 1.39. The molecule has 2 nitrogen and oxygen atoms in total. The van der Waals surface area contributed by atoms with E-state index in [4.69, 9.17) is 33.7 Å². The van der Waals surface area contributed by atoms with Gasteiger partial charge in [-0.2, -0.15) is 0 Å². The van der Waals surface area contributed by atoms with Crippen molar-refractivity contribution >= 4 is 23.2 Å². The summed E-state index contributed by atoms with van der Waals surface area (Å²) >= 11 is 12.0. The van der Waals surface area contributed by atoms with E-state index < -0.39 is 0 Å². The second kappa shape index (κ2) is 5.87. The third-order valence-corrected chi connectivity index (χ3v) is 3.08. The number of halogens is 2. The van der Waals surface area contributed by atoms with Crippen LogP contribution in [-0.2, 0) is 11.2 Å². The van der Waals surface area contributed by atoms with Gasteiger partial charge >= 0.3 is 0 Å². The average molecular weight is 262 g/mol. The molecule has 0 aliphatic rings. The van der Waals surface area contributed by atoms with Gasteiger partial charge in [-0.3, -0.25) is 0 Å². The fourth-order valence-electron chi connectivity index (χ4n) is 1.54. The Morgan fingerprint density at radius 1 is 1.38 bits per heavy atom. The number of hydrogen-bond donors (Lipinski definition) is 1. The third kappa shape index (κ3) is 4.30. The van der Waals surface area contributed by atoms with Gasteiger partial charge in [-0.05, 0) is 43.5 Å². The van der Waals surface area contributed by atoms with Crippen LogP contribution in [0.5, 0.6) is 0 Å². The molecule has 1 aromatic carbocycles. The molecule has 16 heavy (non-hydrogen) atoms. The zero-order valence-corrected chi connectivity index (χ0v) is 11.1. The van der Waals surface area contributed by atoms with Crippen molar-refractivity contribution in [2.45, 2.75) is 25.3 Å². The van der Waals surface area contributed by atoms with Crippen molar-refractivity contribution in [2.24, 2.45) is 5.73 Å². The normalized spacial score (nSPS) is 14.8. The monoisotopic (exact) mass is 261 g/mol. The maximum absolute atomic E-state index is 6.17. The van der Waals surface area contributed by atoms with Crippen molar-refractivity contribution in [1.29, 1.82) is 0 Å². The van der Waals surface area contributed by atoms with E-state index >= 15 is 0 Å². The lowest BCUT2D eigenvalue weighted by molar-refractivity contribution is 0.171. The number of ether oxygens (including phenoxy) is 1. The molecule has 0 spiro atoms. The van der Waals surface area contributed by atoms with Crippen molar-refractivity contribution in [3.63, 3.8) is 0 Å². The van der Waals surface area contributed by atoms with Gasteiger partial charge in [0.05, 0.1) is 0 Å². The molecule has 4 heteroatoms. The SMILES string of the molecule is COCCC(C)(N)Cc1cc(Cl)ccc1Cl. The second-order valence-corrected chi connectivity index (χ2v) is 5.15. The predicted molar refractivity (Wildman–Crippen MR) is 69.3 cm³/mol. The first-order valence-corrected chi connectivity index (χ1v) is 5.92. The van der Waals surface area contributed by atoms with Gasteiger partial charge in [0.25, 0.3) is 0 Å². The fraction of sp³-hybridized carbons (Fsp3) is 0.500. The highest BCUT2D eigenvalue weighted by atomic mass is 35.5. The van der Waals surface area contributed by atoms with Gasteiger partial charge in [0, 0.05) is 29.3 Å². The molecule has 0 fully saturated rings. The number of hydrogen-bond acceptors (Lipinski definition) is 2. The van der Waals surface area contributed by atoms with Crippen LogP contribution >= 0.6 is 23.2 Å². The van der Waals surface area contributed by atoms with Gasteiger partial charge in [0.15, 0.2) is 0 Å². The van der Waals surface area contributed by atoms with Crippen LogP contribution in [0.1, 0.15) is 18.9 Å². The van der Waals surface area contributed by atoms with Crippen LogP contribution in [0.4, 0.5) is 0 Å². The molecule has 1 unspecified atom stereocenters. The third-order valence-electron chi connectivity index (χ3n) is 2.48. The summed E-state index contributed by atoms with van der Waals surface area (Å²) in [6, 6.07) is 5.43. The molecule has 0 aliphatic heterocycles. The zero-order chi connectivity index (χ0) is 12.2. The molecule has 1 rings (SSSR count). The van der Waals surface area contributed by atoms with Crippen molar-refractivity contribution in [3.8, 4) is 0 Å². The summed E-state index contributed by atoms with van der Waals surface area (Å²) in [5.74, 6) is 0. The lowest BCUT2D eigenvalue weighted by Gasteiger charge is -2.25. The number of methoxy groups -OCH3 is 1. The molecule has 0 saturated heterocycles. The predicted octanol–water partition coefficient (Wildman–Crippen LogP) is 3.29. The summed E-state index contributed by atoms with van der Waals surface area (Å²) in [7, 11) is 1.67. The van der Waals surface area contributed by atoms with Crippen molar-refractivity contribution < 1.29 is 4.74 Å². The smallest absolute Gasteiger partial charge is 0.0479 e. The van der Waals surface area contributed by atoms with Crippen LogP contribution < -0.4 is 5.73 Å². The van der Waals surface area contributed by atoms with Gasteiger partial charge in [0.2, 0.25) is 0 Å². The summed E-state index contributed by atoms with van der Waals surface area (Å²) < 4.78 is 5.03. The maximum Gasteiger partial charge on any atom is 0.0479 e. The first-order chi connectivity index (χ1) is 7.44. The van der Waals surface area contributed by atoms with E-state index in [2.05, 4.69) is 0 Å². The molecule has 1 aromatic rings. The zero-order valence-electron chi connectivity index (χ0n) is 9.59. The van der Waals surface area contributed by atoms with E-state index in [-0.39, 0.29) is 5.54 Å². The quantitative estimate of drug-likeness (QED) is 0.883. The summed E-state index contributed by atoms with van der Waals surface area (Å²) in [6.45, 7) is 2.63. The Labute approximate surface area is 107 Å². The van der Waals surface area contributed by atoms with Crippen molar-refractivity contribution in [2.75, 3.05) is 13.7 Å². The molecule has 0 aromatic heterocycles. The van der Waals surface area contributed by atoms with Crippen LogP contribution in [0.2, 0.25) is 10.0 Å². The summed E-state index contributed by atoms with van der Waals surface area (Å²) in [4.78, 5) is 0. The minimum atomic E-state index is -0.329. The van der Waals surface area contributed by atoms with Gasteiger partial charge in [0.1, 0.15) is 0 Å². The number of rotatable bonds is 5. The molecular weight excluding hydrogens is 245 g/mol. The highest BCUT2D eigenvalue weighted by molar-refractivity contribution is 6.33. The van der Waals surface area contributed by atoms with Crippen LogP contribution in [-0.4, -0.2) is 19.3 Å². The average Bonchev–Trinajstić information content (AvgIpc) is 2.20. The van der Waals surface area contributed by atoms with Gasteiger partial charge in [-0.25, -0.2) is 0 Å². The van der Waals surface area contributed by atoms with Gasteiger partial charge < -0.3 is 10.5 Å². The molecule has 1 atom stereocenters. The first-order valence-electron chi connectivity index (χ1n) is 5.16. The number of benzene rings is 1. The minimum Gasteiger partial charge on any atom is -0.385 e. The topological polar surface area (TPSA) is 35.2 Å². The summed E-state index contributed by atoms with van der Waals surface area (Å²) in [6.07, 6.45) is 1.47. The van der Waals surface area contributed by atoms with E-state index in [1.54, 1.807) is 19.2 Å². The highest BCUT2D eigenvalue weighted by Crippen LogP contribution is 2.25. The van der Waals surface area contributed by atoms with Crippen LogP contribution in [0.3, 0.4) is 0 Å². The van der Waals surface area contributed by atoms with E-state index in [0.717, 1.165) is 12.0 Å². The second-order valence-electron chi connectivity index (χ2n) is 4.31. The molecule has 0 heterocycles. The van der Waals surface area contributed by atoms with Gasteiger partial charge in [-0.1, -0.05) is 23.2 Å². The molecule has 2 N–H and O–H groups in total. The Morgan fingerprint density at radius 3 is 2.69 bits per heavy atom. The van der Waals surface area contributed by atoms with Crippen LogP contribution in [0.25, 0.3) is 0 Å². The Balaban J connectivity index is 2.74. The van der Waals surface area contributed by atoms with E-state index in [9.17, 15) is 0 Å². The first kappa shape index (κ1) is 13.8. The Hall–Kier alpha value is -0.280. The Morgan fingerprint density at radius 2 is 2.06 bits per heavy atom. The molecule has 0 bridgehead atoms. The molecule has 0 saturated carbocycles. The molecule has 0 aliphatic carbocycles. The van der Waals surface area contributed by atoms with Gasteiger partial charge in [-0.15, -0.1) is 0 Å². The van der Waals surface area contributed by atoms with E-state index in [0.29, 0.717) is 23.1 Å². The summed E-state index contributed by atoms with van der Waals surface area (Å²) in [5.41, 5.74) is 6.82. The largest absolute Gasteiger partial charge is 0.385 e. The Bertz CT molecular complexity index is 353. The lowest BCUT2D eigenvalue weighted by atomic mass is 9.91. The van der Waals surface area contributed by atoms with E-state index in [1.165, 1.54) is 0 Å². The van der Waals surface area contributed by atoms with Crippen molar-refractivity contribution in [1.82, 2.24) is 0 Å². The van der Waals surface area contributed by atoms with Crippen LogP contribution in [0, 0.1) is 0 Å². The molecular formula is C12H17Cl2NO. The van der Waals surface area contributed by atoms with E-state index in [1.807, 2.05) is 13.0 Å². The standard InChI is InChI=1S/C12H17Cl2NO/c1-12(15,5-6-16-2)8-9-7-10(13)3-4-11(9)14/h3-4,7H,5-6,8,15H2,1-2H3. The number of nitrogens with two attached hydrogens (primary N) is 1. The minimum absolute atomic E-state index is 0.329. The highest BCUT2D eigenvalue weighted by Gasteiger charge is 2.20. The van der Waals surface area contributed by atoms with Crippen LogP contribution in [0.15, 0.2) is 18.2 Å². The fourth-order valence-corrected chi connectivity index (χ4v) is 1.92.